The van der Waals surface area contributed by atoms with E-state index >= 15 is 0 Å². The lowest BCUT2D eigenvalue weighted by atomic mass is 10.1. The van der Waals surface area contributed by atoms with Gasteiger partial charge in [0.1, 0.15) is 0 Å². The molecule has 0 radical (unpaired) electrons. The lowest BCUT2D eigenvalue weighted by Crippen LogP contribution is -2.13. The van der Waals surface area contributed by atoms with Crippen LogP contribution in [-0.2, 0) is 16.0 Å². The van der Waals surface area contributed by atoms with Gasteiger partial charge in [-0.3, -0.25) is 9.59 Å². The van der Waals surface area contributed by atoms with Crippen LogP contribution in [0.5, 0.6) is 0 Å². The number of aryl methyl sites for hydroxylation is 1. The summed E-state index contributed by atoms with van der Waals surface area (Å²) in [6.07, 6.45) is 1.13. The van der Waals surface area contributed by atoms with Crippen molar-refractivity contribution in [2.24, 2.45) is 5.92 Å². The Morgan fingerprint density at radius 3 is 2.33 bits per heavy atom. The molecule has 4 nitrogen and oxygen atoms in total. The molecule has 1 aromatic carbocycles. The minimum atomic E-state index is -0.802. The third-order valence-electron chi connectivity index (χ3n) is 2.46. The molecule has 0 aliphatic rings. The molecule has 0 unspecified atom stereocenters. The van der Waals surface area contributed by atoms with E-state index in [4.69, 9.17) is 5.11 Å². The monoisotopic (exact) mass is 249 g/mol. The Labute approximate surface area is 107 Å². The maximum Gasteiger partial charge on any atom is 0.303 e. The first-order valence-electron chi connectivity index (χ1n) is 6.08. The van der Waals surface area contributed by atoms with E-state index in [1.807, 2.05) is 26.0 Å². The van der Waals surface area contributed by atoms with Crippen molar-refractivity contribution in [1.29, 1.82) is 0 Å². The van der Waals surface area contributed by atoms with Gasteiger partial charge >= 0.3 is 5.97 Å². The summed E-state index contributed by atoms with van der Waals surface area (Å²) in [5.74, 6) is -0.465. The van der Waals surface area contributed by atoms with Gasteiger partial charge in [0.05, 0.1) is 0 Å². The lowest BCUT2D eigenvalue weighted by Gasteiger charge is -2.07. The Balaban J connectivity index is 2.49. The van der Waals surface area contributed by atoms with Gasteiger partial charge in [-0.25, -0.2) is 0 Å². The van der Waals surface area contributed by atoms with Crippen molar-refractivity contribution in [3.63, 3.8) is 0 Å². The Kier molecular flexibility index (Phi) is 5.36. The van der Waals surface area contributed by atoms with E-state index in [1.165, 1.54) is 0 Å². The van der Waals surface area contributed by atoms with Crippen LogP contribution in [0.1, 0.15) is 32.3 Å². The first-order valence-corrected chi connectivity index (χ1v) is 6.08. The van der Waals surface area contributed by atoms with E-state index in [9.17, 15) is 9.59 Å². The molecule has 0 aromatic heterocycles. The van der Waals surface area contributed by atoms with Crippen LogP contribution in [-0.4, -0.2) is 17.0 Å². The zero-order valence-electron chi connectivity index (χ0n) is 10.8. The van der Waals surface area contributed by atoms with Gasteiger partial charge in [-0.1, -0.05) is 26.0 Å². The molecular weight excluding hydrogens is 230 g/mol. The van der Waals surface area contributed by atoms with Crippen LogP contribution >= 0.6 is 0 Å². The number of carbonyl (C=O) groups excluding carboxylic acids is 1. The molecule has 1 aromatic rings. The average molecular weight is 249 g/mol. The summed E-state index contributed by atoms with van der Waals surface area (Å²) < 4.78 is 0. The summed E-state index contributed by atoms with van der Waals surface area (Å²) in [5.41, 5.74) is 1.71. The molecule has 1 amide bonds. The Hall–Kier alpha value is -1.84. The second-order valence-electron chi connectivity index (χ2n) is 4.74. The van der Waals surface area contributed by atoms with E-state index in [1.54, 1.807) is 12.1 Å². The predicted molar refractivity (Wildman–Crippen MR) is 70.5 cm³/mol. The quantitative estimate of drug-likeness (QED) is 0.814. The molecule has 0 aliphatic carbocycles. The van der Waals surface area contributed by atoms with Crippen LogP contribution in [0.4, 0.5) is 5.69 Å². The fraction of sp³-hybridized carbons (Fsp3) is 0.429. The van der Waals surface area contributed by atoms with Crippen LogP contribution in [0, 0.1) is 5.92 Å². The smallest absolute Gasteiger partial charge is 0.303 e. The van der Waals surface area contributed by atoms with E-state index < -0.39 is 5.97 Å². The van der Waals surface area contributed by atoms with Crippen LogP contribution < -0.4 is 5.32 Å². The van der Waals surface area contributed by atoms with Crippen LogP contribution in [0.2, 0.25) is 0 Å². The lowest BCUT2D eigenvalue weighted by molar-refractivity contribution is -0.137. The number of aliphatic carboxylic acids is 1. The largest absolute Gasteiger partial charge is 0.481 e. The molecular formula is C14H19NO3. The Morgan fingerprint density at radius 2 is 1.83 bits per heavy atom. The molecule has 1 rings (SSSR count). The molecule has 4 heteroatoms. The van der Waals surface area contributed by atoms with Crippen LogP contribution in [0.3, 0.4) is 0 Å². The highest BCUT2D eigenvalue weighted by Crippen LogP contribution is 2.12. The number of amides is 1. The third kappa shape index (κ3) is 5.48. The fourth-order valence-corrected chi connectivity index (χ4v) is 1.59. The second kappa shape index (κ2) is 6.79. The van der Waals surface area contributed by atoms with E-state index in [0.717, 1.165) is 11.3 Å². The first kappa shape index (κ1) is 14.2. The van der Waals surface area contributed by atoms with Gasteiger partial charge in [0, 0.05) is 18.5 Å². The third-order valence-corrected chi connectivity index (χ3v) is 2.46. The summed E-state index contributed by atoms with van der Waals surface area (Å²) in [5, 5.41) is 11.4. The topological polar surface area (TPSA) is 66.4 Å². The highest BCUT2D eigenvalue weighted by molar-refractivity contribution is 5.90. The van der Waals surface area contributed by atoms with Gasteiger partial charge in [-0.05, 0) is 30.0 Å². The van der Waals surface area contributed by atoms with Crippen LogP contribution in [0.15, 0.2) is 24.3 Å². The van der Waals surface area contributed by atoms with E-state index in [2.05, 4.69) is 5.32 Å². The van der Waals surface area contributed by atoms with Crippen molar-refractivity contribution >= 4 is 17.6 Å². The van der Waals surface area contributed by atoms with Gasteiger partial charge in [0.2, 0.25) is 5.91 Å². The predicted octanol–water partition coefficient (Wildman–Crippen LogP) is 2.69. The maximum atomic E-state index is 11.5. The standard InChI is InChI=1S/C14H19NO3/c1-10(2)9-13(16)15-12-6-3-11(4-7-12)5-8-14(17)18/h3-4,6-7,10H,5,8-9H2,1-2H3,(H,15,16)(H,17,18). The molecule has 0 fully saturated rings. The number of benzene rings is 1. The number of carbonyl (C=O) groups is 2. The summed E-state index contributed by atoms with van der Waals surface area (Å²) >= 11 is 0. The fourth-order valence-electron chi connectivity index (χ4n) is 1.59. The number of rotatable bonds is 6. The molecule has 18 heavy (non-hydrogen) atoms. The molecule has 0 spiro atoms. The second-order valence-corrected chi connectivity index (χ2v) is 4.74. The average Bonchev–Trinajstić information content (AvgIpc) is 2.26. The van der Waals surface area contributed by atoms with Gasteiger partial charge < -0.3 is 10.4 Å². The SMILES string of the molecule is CC(C)CC(=O)Nc1ccc(CCC(=O)O)cc1. The molecule has 0 saturated carbocycles. The molecule has 0 saturated heterocycles. The van der Waals surface area contributed by atoms with Crippen molar-refractivity contribution in [3.05, 3.63) is 29.8 Å². The molecule has 2 N–H and O–H groups in total. The summed E-state index contributed by atoms with van der Waals surface area (Å²) in [6.45, 7) is 3.99. The molecule has 0 heterocycles. The number of hydrogen-bond donors (Lipinski definition) is 2. The van der Waals surface area contributed by atoms with Crippen molar-refractivity contribution in [1.82, 2.24) is 0 Å². The van der Waals surface area contributed by atoms with Crippen LogP contribution in [0.25, 0.3) is 0 Å². The summed E-state index contributed by atoms with van der Waals surface area (Å²) in [6, 6.07) is 7.28. The van der Waals surface area contributed by atoms with E-state index in [-0.39, 0.29) is 12.3 Å². The highest BCUT2D eigenvalue weighted by atomic mass is 16.4. The molecule has 98 valence electrons. The zero-order chi connectivity index (χ0) is 13.5. The maximum absolute atomic E-state index is 11.5. The van der Waals surface area contributed by atoms with Gasteiger partial charge in [-0.15, -0.1) is 0 Å². The van der Waals surface area contributed by atoms with Gasteiger partial charge in [0.15, 0.2) is 0 Å². The Bertz CT molecular complexity index is 410. The van der Waals surface area contributed by atoms with Crippen molar-refractivity contribution in [2.75, 3.05) is 5.32 Å². The highest BCUT2D eigenvalue weighted by Gasteiger charge is 2.05. The molecule has 0 atom stereocenters. The first-order chi connectivity index (χ1) is 8.47. The normalized spacial score (nSPS) is 10.4. The Morgan fingerprint density at radius 1 is 1.22 bits per heavy atom. The van der Waals surface area contributed by atoms with Gasteiger partial charge in [-0.2, -0.15) is 0 Å². The van der Waals surface area contributed by atoms with Crippen molar-refractivity contribution in [2.45, 2.75) is 33.1 Å². The zero-order valence-corrected chi connectivity index (χ0v) is 10.8. The summed E-state index contributed by atoms with van der Waals surface area (Å²) in [7, 11) is 0. The number of anilines is 1. The van der Waals surface area contributed by atoms with Gasteiger partial charge in [0.25, 0.3) is 0 Å². The number of hydrogen-bond acceptors (Lipinski definition) is 2. The minimum Gasteiger partial charge on any atom is -0.481 e. The number of carboxylic acids is 1. The number of nitrogens with one attached hydrogen (secondary N) is 1. The summed E-state index contributed by atoms with van der Waals surface area (Å²) in [4.78, 5) is 22.0. The minimum absolute atomic E-state index is 0.00304. The molecule has 0 aliphatic heterocycles. The van der Waals surface area contributed by atoms with E-state index in [0.29, 0.717) is 18.8 Å². The number of carboxylic acid groups (broad SMARTS) is 1. The molecule has 0 bridgehead atoms. The van der Waals surface area contributed by atoms with Crippen molar-refractivity contribution < 1.29 is 14.7 Å². The van der Waals surface area contributed by atoms with Crippen molar-refractivity contribution in [3.8, 4) is 0 Å².